The molecule has 0 saturated heterocycles. The van der Waals surface area contributed by atoms with E-state index in [1.165, 1.54) is 66.3 Å². The van der Waals surface area contributed by atoms with Crippen LogP contribution in [0.2, 0.25) is 0 Å². The molecule has 0 atom stereocenters. The third kappa shape index (κ3) is 2.23. The van der Waals surface area contributed by atoms with Gasteiger partial charge in [0.25, 0.3) is 0 Å². The molecule has 1 aromatic heterocycles. The molecule has 1 heterocycles. The summed E-state index contributed by atoms with van der Waals surface area (Å²) in [6.45, 7) is 0. The lowest BCUT2D eigenvalue weighted by Crippen LogP contribution is -1.97. The predicted molar refractivity (Wildman–Crippen MR) is 136 cm³/mol. The lowest BCUT2D eigenvalue weighted by atomic mass is 9.79. The number of hydrogen-bond donors (Lipinski definition) is 0. The molecular weight excluding hydrogens is 386 g/mol. The fourth-order valence-corrected chi connectivity index (χ4v) is 5.60. The molecule has 0 spiro atoms. The van der Waals surface area contributed by atoms with Crippen LogP contribution in [0, 0.1) is 0 Å². The van der Waals surface area contributed by atoms with E-state index >= 15 is 0 Å². The second-order valence-electron chi connectivity index (χ2n) is 8.60. The summed E-state index contributed by atoms with van der Waals surface area (Å²) < 4.78 is 2.33. The maximum absolute atomic E-state index is 2.33. The zero-order valence-electron chi connectivity index (χ0n) is 17.8. The SMILES string of the molecule is Cn1c2ccccc2c2c3c(ccc21)-c1ccccc1-c1ccccc1-c1ccccc1-3. The van der Waals surface area contributed by atoms with E-state index in [-0.39, 0.29) is 0 Å². The minimum absolute atomic E-state index is 1.27. The summed E-state index contributed by atoms with van der Waals surface area (Å²) in [5.74, 6) is 0. The number of rotatable bonds is 0. The first kappa shape index (κ1) is 17.6. The van der Waals surface area contributed by atoms with E-state index in [2.05, 4.69) is 121 Å². The third-order valence-corrected chi connectivity index (χ3v) is 7.00. The zero-order valence-corrected chi connectivity index (χ0v) is 17.8. The molecule has 0 amide bonds. The monoisotopic (exact) mass is 407 g/mol. The lowest BCUT2D eigenvalue weighted by Gasteiger charge is -2.23. The van der Waals surface area contributed by atoms with Crippen molar-refractivity contribution in [2.45, 2.75) is 0 Å². The smallest absolute Gasteiger partial charge is 0.0495 e. The number of fused-ring (bicyclic) bond motifs is 12. The Bertz CT molecular complexity index is 1680. The maximum Gasteiger partial charge on any atom is 0.0495 e. The van der Waals surface area contributed by atoms with Crippen LogP contribution >= 0.6 is 0 Å². The van der Waals surface area contributed by atoms with Crippen molar-refractivity contribution in [2.75, 3.05) is 0 Å². The van der Waals surface area contributed by atoms with Crippen molar-refractivity contribution in [1.82, 2.24) is 4.57 Å². The Morgan fingerprint density at radius 1 is 0.406 bits per heavy atom. The number of benzene rings is 5. The number of nitrogens with zero attached hydrogens (tertiary/aromatic N) is 1. The standard InChI is InChI=1S/C31H21N/c1-32-28-17-9-8-16-27(28)31-29(32)19-18-26-24-14-5-4-12-22(24)20-10-2-3-11-21(20)23-13-6-7-15-25(23)30(26)31/h2-19H,1H3. The highest BCUT2D eigenvalue weighted by atomic mass is 14.9. The molecule has 0 bridgehead atoms. The van der Waals surface area contributed by atoms with E-state index in [0.717, 1.165) is 0 Å². The van der Waals surface area contributed by atoms with Gasteiger partial charge in [-0.15, -0.1) is 0 Å². The first-order valence-electron chi connectivity index (χ1n) is 11.1. The molecule has 150 valence electrons. The first-order chi connectivity index (χ1) is 15.8. The molecule has 7 rings (SSSR count). The minimum Gasteiger partial charge on any atom is -0.344 e. The van der Waals surface area contributed by atoms with Gasteiger partial charge in [0.1, 0.15) is 0 Å². The molecule has 0 unspecified atom stereocenters. The second kappa shape index (κ2) is 6.45. The first-order valence-corrected chi connectivity index (χ1v) is 11.1. The van der Waals surface area contributed by atoms with E-state index in [4.69, 9.17) is 0 Å². The highest BCUT2D eigenvalue weighted by Crippen LogP contribution is 2.50. The summed E-state index contributed by atoms with van der Waals surface area (Å²) in [4.78, 5) is 0. The van der Waals surface area contributed by atoms with Gasteiger partial charge in [-0.1, -0.05) is 97.1 Å². The zero-order chi connectivity index (χ0) is 21.2. The van der Waals surface area contributed by atoms with E-state index in [0.29, 0.717) is 0 Å². The predicted octanol–water partition coefficient (Wildman–Crippen LogP) is 8.31. The third-order valence-electron chi connectivity index (χ3n) is 7.00. The molecule has 6 aromatic rings. The number of hydrogen-bond acceptors (Lipinski definition) is 0. The Morgan fingerprint density at radius 3 is 1.50 bits per heavy atom. The largest absolute Gasteiger partial charge is 0.344 e. The van der Waals surface area contributed by atoms with Crippen LogP contribution in [0.5, 0.6) is 0 Å². The molecule has 5 aromatic carbocycles. The van der Waals surface area contributed by atoms with Crippen molar-refractivity contribution in [3.63, 3.8) is 0 Å². The molecule has 1 heteroatoms. The maximum atomic E-state index is 2.33. The second-order valence-corrected chi connectivity index (χ2v) is 8.60. The fourth-order valence-electron chi connectivity index (χ4n) is 5.60. The Hall–Kier alpha value is -4.10. The van der Waals surface area contributed by atoms with Crippen LogP contribution in [-0.4, -0.2) is 4.57 Å². The summed E-state index contributed by atoms with van der Waals surface area (Å²) in [7, 11) is 2.18. The van der Waals surface area contributed by atoms with Crippen molar-refractivity contribution < 1.29 is 0 Å². The summed E-state index contributed by atoms with van der Waals surface area (Å²) >= 11 is 0. The molecule has 0 saturated carbocycles. The average molecular weight is 408 g/mol. The quantitative estimate of drug-likeness (QED) is 0.238. The molecule has 1 aliphatic rings. The molecule has 1 nitrogen and oxygen atoms in total. The highest BCUT2D eigenvalue weighted by molar-refractivity contribution is 6.20. The minimum atomic E-state index is 1.27. The molecular formula is C31H21N. The van der Waals surface area contributed by atoms with Gasteiger partial charge in [0, 0.05) is 34.4 Å². The normalized spacial score (nSPS) is 11.9. The summed E-state index contributed by atoms with van der Waals surface area (Å²) in [6.07, 6.45) is 0. The molecule has 1 aliphatic carbocycles. The molecule has 0 N–H and O–H groups in total. The molecule has 0 radical (unpaired) electrons. The Balaban J connectivity index is 1.78. The molecule has 0 fully saturated rings. The highest BCUT2D eigenvalue weighted by Gasteiger charge is 2.24. The van der Waals surface area contributed by atoms with Crippen LogP contribution in [0.15, 0.2) is 109 Å². The van der Waals surface area contributed by atoms with Crippen LogP contribution in [0.4, 0.5) is 0 Å². The number of aryl methyl sites for hydroxylation is 1. The van der Waals surface area contributed by atoms with Gasteiger partial charge in [-0.25, -0.2) is 0 Å². The Kier molecular flexibility index (Phi) is 3.54. The number of para-hydroxylation sites is 1. The van der Waals surface area contributed by atoms with Crippen molar-refractivity contribution in [3.05, 3.63) is 109 Å². The van der Waals surface area contributed by atoms with Crippen molar-refractivity contribution in [1.29, 1.82) is 0 Å². The van der Waals surface area contributed by atoms with Crippen LogP contribution < -0.4 is 0 Å². The van der Waals surface area contributed by atoms with Gasteiger partial charge < -0.3 is 4.57 Å². The summed E-state index contributed by atoms with van der Waals surface area (Å²) in [5.41, 5.74) is 12.9. The van der Waals surface area contributed by atoms with Gasteiger partial charge in [-0.3, -0.25) is 0 Å². The average Bonchev–Trinajstić information content (AvgIpc) is 3.15. The molecule has 0 aliphatic heterocycles. The van der Waals surface area contributed by atoms with E-state index in [9.17, 15) is 0 Å². The Morgan fingerprint density at radius 2 is 0.875 bits per heavy atom. The van der Waals surface area contributed by atoms with Gasteiger partial charge >= 0.3 is 0 Å². The van der Waals surface area contributed by atoms with E-state index in [1.54, 1.807) is 0 Å². The van der Waals surface area contributed by atoms with Crippen LogP contribution in [0.1, 0.15) is 0 Å². The van der Waals surface area contributed by atoms with Crippen molar-refractivity contribution in [2.24, 2.45) is 7.05 Å². The topological polar surface area (TPSA) is 4.93 Å². The van der Waals surface area contributed by atoms with Crippen LogP contribution in [0.3, 0.4) is 0 Å². The van der Waals surface area contributed by atoms with Crippen LogP contribution in [-0.2, 0) is 7.05 Å². The van der Waals surface area contributed by atoms with Crippen molar-refractivity contribution >= 4 is 21.8 Å². The summed E-state index contributed by atoms with van der Waals surface area (Å²) in [5, 5.41) is 2.64. The van der Waals surface area contributed by atoms with E-state index < -0.39 is 0 Å². The van der Waals surface area contributed by atoms with Gasteiger partial charge in [0.05, 0.1) is 0 Å². The summed E-state index contributed by atoms with van der Waals surface area (Å²) in [6, 6.07) is 39.9. The van der Waals surface area contributed by atoms with Crippen LogP contribution in [0.25, 0.3) is 66.3 Å². The van der Waals surface area contributed by atoms with E-state index in [1.807, 2.05) is 0 Å². The van der Waals surface area contributed by atoms with Gasteiger partial charge in [0.2, 0.25) is 0 Å². The fraction of sp³-hybridized carbons (Fsp3) is 0.0323. The molecule has 32 heavy (non-hydrogen) atoms. The Labute approximate surface area is 187 Å². The van der Waals surface area contributed by atoms with Gasteiger partial charge in [-0.2, -0.15) is 0 Å². The lowest BCUT2D eigenvalue weighted by molar-refractivity contribution is 1.01. The van der Waals surface area contributed by atoms with Crippen molar-refractivity contribution in [3.8, 4) is 44.5 Å². The number of aromatic nitrogens is 1. The van der Waals surface area contributed by atoms with Gasteiger partial charge in [0.15, 0.2) is 0 Å². The van der Waals surface area contributed by atoms with Gasteiger partial charge in [-0.05, 0) is 51.1 Å².